The quantitative estimate of drug-likeness (QED) is 0.473. The van der Waals surface area contributed by atoms with Gasteiger partial charge in [0.25, 0.3) is 0 Å². The van der Waals surface area contributed by atoms with Crippen LogP contribution < -0.4 is 5.73 Å². The smallest absolute Gasteiger partial charge is 0.287 e. The fraction of sp³-hybridized carbons (Fsp3) is 0.286. The van der Waals surface area contributed by atoms with Crippen molar-refractivity contribution in [2.45, 2.75) is 13.1 Å². The minimum absolute atomic E-state index is 0.0625. The number of rotatable bonds is 0. The molecule has 0 aromatic rings. The zero-order valence-corrected chi connectivity index (χ0v) is 6.23. The van der Waals surface area contributed by atoms with Crippen LogP contribution in [0, 0.1) is 0 Å². The third-order valence-electron chi connectivity index (χ3n) is 1.83. The molecule has 2 N–H and O–H groups in total. The third-order valence-corrected chi connectivity index (χ3v) is 1.83. The highest BCUT2D eigenvalue weighted by atomic mass is 15.3. The Labute approximate surface area is 64.5 Å². The fourth-order valence-corrected chi connectivity index (χ4v) is 1.20. The lowest BCUT2D eigenvalue weighted by atomic mass is 10.2. The van der Waals surface area contributed by atoms with E-state index in [0.717, 1.165) is 0 Å². The Kier molecular flexibility index (Phi) is 1.15. The van der Waals surface area contributed by atoms with Crippen molar-refractivity contribution in [1.82, 2.24) is 0 Å². The van der Waals surface area contributed by atoms with E-state index in [1.807, 2.05) is 23.8 Å². The number of nitrogens with zero attached hydrogens (tertiary/aromatic N) is 3. The van der Waals surface area contributed by atoms with Gasteiger partial charge in [0, 0.05) is 0 Å². The van der Waals surface area contributed by atoms with E-state index in [0.29, 0.717) is 5.96 Å². The van der Waals surface area contributed by atoms with Crippen LogP contribution in [0.4, 0.5) is 0 Å². The second kappa shape index (κ2) is 2.02. The molecule has 2 rings (SSSR count). The Hall–Kier alpha value is -1.45. The predicted octanol–water partition coefficient (Wildman–Crippen LogP) is -0.288. The topological polar surface area (TPSA) is 53.8 Å². The zero-order chi connectivity index (χ0) is 7.84. The summed E-state index contributed by atoms with van der Waals surface area (Å²) in [4.78, 5) is 8.03. The highest BCUT2D eigenvalue weighted by Crippen LogP contribution is 2.13. The molecule has 0 spiro atoms. The molecule has 2 aliphatic rings. The first-order valence-electron chi connectivity index (χ1n) is 3.44. The molecular formula is C7H9N4+. The summed E-state index contributed by atoms with van der Waals surface area (Å²) in [5, 5.41) is 0. The molecule has 1 atom stereocenters. The van der Waals surface area contributed by atoms with Gasteiger partial charge in [-0.1, -0.05) is 4.99 Å². The molecule has 0 radical (unpaired) electrons. The van der Waals surface area contributed by atoms with Gasteiger partial charge in [-0.3, -0.25) is 5.73 Å². The predicted molar refractivity (Wildman–Crippen MR) is 44.0 cm³/mol. The second-order valence-corrected chi connectivity index (χ2v) is 2.59. The molecule has 0 saturated carbocycles. The maximum absolute atomic E-state index is 5.60. The highest BCUT2D eigenvalue weighted by molar-refractivity contribution is 5.87. The van der Waals surface area contributed by atoms with Crippen LogP contribution in [-0.4, -0.2) is 29.3 Å². The van der Waals surface area contributed by atoms with Crippen molar-refractivity contribution in [3.8, 4) is 0 Å². The molecule has 4 heteroatoms. The molecule has 4 nitrogen and oxygen atoms in total. The summed E-state index contributed by atoms with van der Waals surface area (Å²) in [7, 11) is 0. The molecule has 11 heavy (non-hydrogen) atoms. The van der Waals surface area contributed by atoms with E-state index in [1.54, 1.807) is 0 Å². The van der Waals surface area contributed by atoms with E-state index in [2.05, 4.69) is 9.98 Å². The highest BCUT2D eigenvalue weighted by Gasteiger charge is 2.27. The van der Waals surface area contributed by atoms with Crippen LogP contribution >= 0.6 is 0 Å². The summed E-state index contributed by atoms with van der Waals surface area (Å²) >= 11 is 0. The van der Waals surface area contributed by atoms with Crippen LogP contribution in [0.3, 0.4) is 0 Å². The van der Waals surface area contributed by atoms with Crippen LogP contribution in [0.5, 0.6) is 0 Å². The Morgan fingerprint density at radius 2 is 2.45 bits per heavy atom. The van der Waals surface area contributed by atoms with Crippen LogP contribution in [0.15, 0.2) is 21.6 Å². The van der Waals surface area contributed by atoms with Crippen LogP contribution in [0.1, 0.15) is 6.92 Å². The third kappa shape index (κ3) is 0.790. The van der Waals surface area contributed by atoms with Gasteiger partial charge in [-0.25, -0.2) is 9.57 Å². The molecule has 1 unspecified atom stereocenters. The van der Waals surface area contributed by atoms with Crippen molar-refractivity contribution in [1.29, 1.82) is 0 Å². The van der Waals surface area contributed by atoms with Crippen molar-refractivity contribution in [2.24, 2.45) is 15.7 Å². The van der Waals surface area contributed by atoms with E-state index in [4.69, 9.17) is 5.73 Å². The average Bonchev–Trinajstić information content (AvgIpc) is 2.35. The molecule has 0 fully saturated rings. The van der Waals surface area contributed by atoms with Gasteiger partial charge in [0.15, 0.2) is 12.5 Å². The number of aliphatic imine (C=N–C) groups is 2. The normalized spacial score (nSPS) is 27.4. The molecule has 0 aromatic heterocycles. The SMILES string of the molecule is CC1=CC=[N+]2C(N)=NC=NC12. The van der Waals surface area contributed by atoms with E-state index in [-0.39, 0.29) is 6.17 Å². The minimum Gasteiger partial charge on any atom is -0.287 e. The zero-order valence-electron chi connectivity index (χ0n) is 6.23. The van der Waals surface area contributed by atoms with Crippen molar-refractivity contribution in [3.05, 3.63) is 11.6 Å². The molecule has 0 amide bonds. The van der Waals surface area contributed by atoms with Crippen LogP contribution in [0.2, 0.25) is 0 Å². The maximum atomic E-state index is 5.60. The van der Waals surface area contributed by atoms with Gasteiger partial charge in [0.2, 0.25) is 0 Å². The summed E-state index contributed by atoms with van der Waals surface area (Å²) < 4.78 is 1.84. The first-order chi connectivity index (χ1) is 5.29. The number of allylic oxidation sites excluding steroid dienone is 1. The standard InChI is InChI=1S/C7H9N4/c1-5-2-3-11-6(5)9-4-10-7(11)8/h2-4,6H,1H3,(H2,8,9,10)/q+1. The Bertz CT molecular complexity index is 308. The average molecular weight is 149 g/mol. The molecule has 0 aliphatic carbocycles. The Morgan fingerprint density at radius 3 is 3.18 bits per heavy atom. The minimum atomic E-state index is 0.0625. The van der Waals surface area contributed by atoms with Crippen molar-refractivity contribution < 1.29 is 4.58 Å². The van der Waals surface area contributed by atoms with E-state index < -0.39 is 0 Å². The number of hydrogen-bond donors (Lipinski definition) is 1. The van der Waals surface area contributed by atoms with Gasteiger partial charge in [0.05, 0.1) is 6.21 Å². The van der Waals surface area contributed by atoms with Crippen molar-refractivity contribution in [2.75, 3.05) is 0 Å². The largest absolute Gasteiger partial charge is 0.392 e. The first kappa shape index (κ1) is 6.27. The van der Waals surface area contributed by atoms with Crippen LogP contribution in [0.25, 0.3) is 0 Å². The number of fused-ring (bicyclic) bond motifs is 1. The molecule has 2 aliphatic heterocycles. The van der Waals surface area contributed by atoms with Gasteiger partial charge in [-0.2, -0.15) is 0 Å². The molecule has 0 aromatic carbocycles. The summed E-state index contributed by atoms with van der Waals surface area (Å²) in [6.07, 6.45) is 5.46. The van der Waals surface area contributed by atoms with Gasteiger partial charge in [-0.05, 0) is 18.6 Å². The number of nitrogens with two attached hydrogens (primary N) is 1. The Morgan fingerprint density at radius 1 is 1.64 bits per heavy atom. The fourth-order valence-electron chi connectivity index (χ4n) is 1.20. The van der Waals surface area contributed by atoms with Gasteiger partial charge >= 0.3 is 5.96 Å². The Balaban J connectivity index is 2.42. The number of hydrogen-bond acceptors (Lipinski definition) is 3. The lowest BCUT2D eigenvalue weighted by molar-refractivity contribution is -0.434. The second-order valence-electron chi connectivity index (χ2n) is 2.59. The van der Waals surface area contributed by atoms with Gasteiger partial charge in [-0.15, -0.1) is 0 Å². The van der Waals surface area contributed by atoms with Crippen LogP contribution in [-0.2, 0) is 0 Å². The summed E-state index contributed by atoms with van der Waals surface area (Å²) in [5.41, 5.74) is 6.80. The van der Waals surface area contributed by atoms with Crippen molar-refractivity contribution >= 4 is 18.5 Å². The van der Waals surface area contributed by atoms with Gasteiger partial charge < -0.3 is 0 Å². The lowest BCUT2D eigenvalue weighted by Crippen LogP contribution is -2.37. The summed E-state index contributed by atoms with van der Waals surface area (Å²) in [6, 6.07) is 0. The maximum Gasteiger partial charge on any atom is 0.392 e. The first-order valence-corrected chi connectivity index (χ1v) is 3.44. The lowest BCUT2D eigenvalue weighted by Gasteiger charge is -2.10. The van der Waals surface area contributed by atoms with E-state index in [9.17, 15) is 0 Å². The molecule has 0 saturated heterocycles. The summed E-state index contributed by atoms with van der Waals surface area (Å²) in [5.74, 6) is 0.512. The van der Waals surface area contributed by atoms with E-state index in [1.165, 1.54) is 11.9 Å². The molecule has 2 heterocycles. The number of guanidine groups is 1. The van der Waals surface area contributed by atoms with Gasteiger partial charge in [0.1, 0.15) is 0 Å². The molecule has 0 bridgehead atoms. The van der Waals surface area contributed by atoms with Crippen molar-refractivity contribution in [3.63, 3.8) is 0 Å². The summed E-state index contributed by atoms with van der Waals surface area (Å²) in [6.45, 7) is 2.02. The molecular weight excluding hydrogens is 140 g/mol. The van der Waals surface area contributed by atoms with E-state index >= 15 is 0 Å². The monoisotopic (exact) mass is 149 g/mol. The molecule has 56 valence electrons.